The third-order valence-electron chi connectivity index (χ3n) is 3.05. The van der Waals surface area contributed by atoms with Crippen molar-refractivity contribution in [1.82, 2.24) is 19.9 Å². The molecule has 0 unspecified atom stereocenters. The minimum Gasteiger partial charge on any atom is -0.474 e. The molecule has 0 aromatic carbocycles. The second-order valence-electron chi connectivity index (χ2n) is 4.37. The van der Waals surface area contributed by atoms with Crippen LogP contribution in [0.25, 0.3) is 5.82 Å². The van der Waals surface area contributed by atoms with Crippen LogP contribution in [-0.2, 0) is 0 Å². The summed E-state index contributed by atoms with van der Waals surface area (Å²) in [6, 6.07) is 5.80. The number of piperidine rings is 1. The maximum Gasteiger partial charge on any atom is 0.215 e. The van der Waals surface area contributed by atoms with Gasteiger partial charge >= 0.3 is 0 Å². The maximum atomic E-state index is 5.91. The summed E-state index contributed by atoms with van der Waals surface area (Å²) in [5.74, 6) is 1.52. The van der Waals surface area contributed by atoms with Crippen molar-refractivity contribution in [2.45, 2.75) is 18.9 Å². The van der Waals surface area contributed by atoms with Gasteiger partial charge in [0.25, 0.3) is 0 Å². The summed E-state index contributed by atoms with van der Waals surface area (Å²) >= 11 is 0. The number of rotatable bonds is 3. The van der Waals surface area contributed by atoms with Crippen molar-refractivity contribution >= 4 is 0 Å². The van der Waals surface area contributed by atoms with Crippen LogP contribution in [-0.4, -0.2) is 33.7 Å². The lowest BCUT2D eigenvalue weighted by molar-refractivity contribution is 0.156. The molecule has 94 valence electrons. The monoisotopic (exact) mass is 244 g/mol. The van der Waals surface area contributed by atoms with Crippen molar-refractivity contribution in [1.29, 1.82) is 0 Å². The molecular formula is C13H16N4O. The first kappa shape index (κ1) is 11.2. The normalized spacial score (nSPS) is 16.7. The van der Waals surface area contributed by atoms with Crippen LogP contribution in [0.1, 0.15) is 12.8 Å². The van der Waals surface area contributed by atoms with Crippen molar-refractivity contribution in [3.8, 4) is 11.7 Å². The number of aromatic nitrogens is 3. The molecule has 0 saturated carbocycles. The molecule has 18 heavy (non-hydrogen) atoms. The van der Waals surface area contributed by atoms with Gasteiger partial charge in [-0.2, -0.15) is 4.98 Å². The van der Waals surface area contributed by atoms with Crippen molar-refractivity contribution in [3.05, 3.63) is 36.9 Å². The highest BCUT2D eigenvalue weighted by Crippen LogP contribution is 2.16. The van der Waals surface area contributed by atoms with E-state index in [1.807, 2.05) is 29.0 Å². The van der Waals surface area contributed by atoms with Gasteiger partial charge in [0, 0.05) is 18.5 Å². The van der Waals surface area contributed by atoms with E-state index in [4.69, 9.17) is 4.74 Å². The van der Waals surface area contributed by atoms with E-state index in [0.29, 0.717) is 5.88 Å². The van der Waals surface area contributed by atoms with Gasteiger partial charge in [0.15, 0.2) is 0 Å². The summed E-state index contributed by atoms with van der Waals surface area (Å²) in [5.41, 5.74) is 0. The van der Waals surface area contributed by atoms with E-state index >= 15 is 0 Å². The van der Waals surface area contributed by atoms with Crippen molar-refractivity contribution in [2.75, 3.05) is 13.1 Å². The Morgan fingerprint density at radius 3 is 2.94 bits per heavy atom. The van der Waals surface area contributed by atoms with Gasteiger partial charge in [-0.3, -0.25) is 4.57 Å². The van der Waals surface area contributed by atoms with Crippen LogP contribution in [0.4, 0.5) is 0 Å². The quantitative estimate of drug-likeness (QED) is 0.886. The number of ether oxygens (including phenoxy) is 1. The molecule has 2 aromatic heterocycles. The lowest BCUT2D eigenvalue weighted by atomic mass is 10.1. The van der Waals surface area contributed by atoms with E-state index in [9.17, 15) is 0 Å². The molecule has 0 aliphatic carbocycles. The minimum absolute atomic E-state index is 0.275. The molecule has 0 radical (unpaired) electrons. The summed E-state index contributed by atoms with van der Waals surface area (Å²) in [4.78, 5) is 8.51. The first-order valence-electron chi connectivity index (χ1n) is 6.24. The van der Waals surface area contributed by atoms with Crippen LogP contribution in [0.2, 0.25) is 0 Å². The molecule has 0 amide bonds. The molecule has 5 nitrogen and oxygen atoms in total. The minimum atomic E-state index is 0.275. The van der Waals surface area contributed by atoms with E-state index in [1.54, 1.807) is 12.5 Å². The largest absolute Gasteiger partial charge is 0.474 e. The Balaban J connectivity index is 1.74. The number of pyridine rings is 1. The van der Waals surface area contributed by atoms with E-state index in [-0.39, 0.29) is 6.10 Å². The van der Waals surface area contributed by atoms with Gasteiger partial charge in [-0.05, 0) is 32.0 Å². The highest BCUT2D eigenvalue weighted by molar-refractivity contribution is 5.27. The standard InChI is InChI=1S/C13H16N4O/c1-2-12(17-9-8-15-10-17)16-13(3-1)18-11-4-6-14-7-5-11/h1-3,8-11,14H,4-7H2. The van der Waals surface area contributed by atoms with Crippen LogP contribution in [0.3, 0.4) is 0 Å². The average molecular weight is 244 g/mol. The highest BCUT2D eigenvalue weighted by Gasteiger charge is 2.15. The average Bonchev–Trinajstić information content (AvgIpc) is 2.94. The van der Waals surface area contributed by atoms with Gasteiger partial charge in [0.05, 0.1) is 0 Å². The molecule has 1 aliphatic rings. The molecule has 0 spiro atoms. The lowest BCUT2D eigenvalue weighted by Gasteiger charge is -2.23. The fourth-order valence-electron chi connectivity index (χ4n) is 2.09. The maximum absolute atomic E-state index is 5.91. The first-order valence-corrected chi connectivity index (χ1v) is 6.24. The molecule has 2 aromatic rings. The van der Waals surface area contributed by atoms with Crippen molar-refractivity contribution in [3.63, 3.8) is 0 Å². The molecule has 3 heterocycles. The third-order valence-corrected chi connectivity index (χ3v) is 3.05. The molecule has 0 atom stereocenters. The predicted molar refractivity (Wildman–Crippen MR) is 67.9 cm³/mol. The second-order valence-corrected chi connectivity index (χ2v) is 4.37. The molecule has 5 heteroatoms. The van der Waals surface area contributed by atoms with E-state index in [1.165, 1.54) is 0 Å². The predicted octanol–water partition coefficient (Wildman–Crippen LogP) is 1.40. The topological polar surface area (TPSA) is 52.0 Å². The Morgan fingerprint density at radius 1 is 1.28 bits per heavy atom. The summed E-state index contributed by atoms with van der Waals surface area (Å²) in [6.07, 6.45) is 7.69. The Bertz CT molecular complexity index is 491. The van der Waals surface area contributed by atoms with Crippen LogP contribution in [0.5, 0.6) is 5.88 Å². The summed E-state index contributed by atoms with van der Waals surface area (Å²) < 4.78 is 7.78. The summed E-state index contributed by atoms with van der Waals surface area (Å²) in [6.45, 7) is 2.04. The molecule has 3 rings (SSSR count). The zero-order chi connectivity index (χ0) is 12.2. The first-order chi connectivity index (χ1) is 8.92. The second kappa shape index (κ2) is 5.18. The van der Waals surface area contributed by atoms with Gasteiger partial charge in [-0.25, -0.2) is 4.98 Å². The SMILES string of the molecule is c1cc(OC2CCNCC2)nc(-n2ccnc2)c1. The van der Waals surface area contributed by atoms with Gasteiger partial charge in [0.1, 0.15) is 18.2 Å². The van der Waals surface area contributed by atoms with E-state index in [0.717, 1.165) is 31.7 Å². The van der Waals surface area contributed by atoms with E-state index in [2.05, 4.69) is 15.3 Å². The zero-order valence-corrected chi connectivity index (χ0v) is 10.1. The zero-order valence-electron chi connectivity index (χ0n) is 10.1. The fourth-order valence-corrected chi connectivity index (χ4v) is 2.09. The van der Waals surface area contributed by atoms with Gasteiger partial charge in [-0.1, -0.05) is 6.07 Å². The van der Waals surface area contributed by atoms with Crippen molar-refractivity contribution in [2.24, 2.45) is 0 Å². The number of hydrogen-bond donors (Lipinski definition) is 1. The van der Waals surface area contributed by atoms with Gasteiger partial charge < -0.3 is 10.1 Å². The van der Waals surface area contributed by atoms with Crippen LogP contribution < -0.4 is 10.1 Å². The highest BCUT2D eigenvalue weighted by atomic mass is 16.5. The summed E-state index contributed by atoms with van der Waals surface area (Å²) in [5, 5.41) is 3.32. The van der Waals surface area contributed by atoms with Crippen LogP contribution >= 0.6 is 0 Å². The molecule has 1 N–H and O–H groups in total. The Kier molecular flexibility index (Phi) is 3.23. The lowest BCUT2D eigenvalue weighted by Crippen LogP contribution is -2.34. The number of hydrogen-bond acceptors (Lipinski definition) is 4. The van der Waals surface area contributed by atoms with Gasteiger partial charge in [0.2, 0.25) is 5.88 Å². The third kappa shape index (κ3) is 2.51. The molecule has 1 fully saturated rings. The smallest absolute Gasteiger partial charge is 0.215 e. The van der Waals surface area contributed by atoms with Crippen LogP contribution in [0, 0.1) is 0 Å². The number of nitrogens with zero attached hydrogens (tertiary/aromatic N) is 3. The fraction of sp³-hybridized carbons (Fsp3) is 0.385. The summed E-state index contributed by atoms with van der Waals surface area (Å²) in [7, 11) is 0. The Labute approximate surface area is 106 Å². The molecule has 0 bridgehead atoms. The molecule has 1 saturated heterocycles. The number of nitrogens with one attached hydrogen (secondary N) is 1. The van der Waals surface area contributed by atoms with Crippen molar-refractivity contribution < 1.29 is 4.74 Å². The molecular weight excluding hydrogens is 228 g/mol. The van der Waals surface area contributed by atoms with Gasteiger partial charge in [-0.15, -0.1) is 0 Å². The molecule has 1 aliphatic heterocycles. The Hall–Kier alpha value is -1.88. The Morgan fingerprint density at radius 2 is 2.17 bits per heavy atom. The van der Waals surface area contributed by atoms with E-state index < -0.39 is 0 Å². The number of imidazole rings is 1. The van der Waals surface area contributed by atoms with Crippen LogP contribution in [0.15, 0.2) is 36.9 Å².